The standard InChI is InChI=1S/CH5N3S/c2-1-4-5-3/h1H,3H2,(H2,2,4). The summed E-state index contributed by atoms with van der Waals surface area (Å²) in [6.45, 7) is 0. The molecule has 0 heterocycles. The van der Waals surface area contributed by atoms with Crippen molar-refractivity contribution >= 4 is 18.5 Å². The zero-order chi connectivity index (χ0) is 4.12. The van der Waals surface area contributed by atoms with Gasteiger partial charge in [0, 0.05) is 0 Å². The van der Waals surface area contributed by atoms with Crippen molar-refractivity contribution in [1.29, 1.82) is 0 Å². The van der Waals surface area contributed by atoms with Gasteiger partial charge in [0.2, 0.25) is 0 Å². The Hall–Kier alpha value is -0.220. The molecule has 5 heavy (non-hydrogen) atoms. The minimum absolute atomic E-state index is 0.846. The summed E-state index contributed by atoms with van der Waals surface area (Å²) < 4.78 is 3.32. The molecule has 0 saturated heterocycles. The molecular formula is CH5N3S. The Morgan fingerprint density at radius 1 is 1.80 bits per heavy atom. The van der Waals surface area contributed by atoms with Crippen LogP contribution >= 0.6 is 12.1 Å². The second-order valence-electron chi connectivity index (χ2n) is 0.360. The van der Waals surface area contributed by atoms with Crippen LogP contribution in [0.4, 0.5) is 0 Å². The van der Waals surface area contributed by atoms with Crippen LogP contribution in [0.3, 0.4) is 0 Å². The smallest absolute Gasteiger partial charge is 0.0952 e. The number of rotatable bonds is 1. The highest BCUT2D eigenvalue weighted by Gasteiger charge is 1.51. The molecule has 0 aromatic rings. The van der Waals surface area contributed by atoms with Gasteiger partial charge in [0.15, 0.2) is 0 Å². The molecule has 0 radical (unpaired) electrons. The van der Waals surface area contributed by atoms with Gasteiger partial charge in [0.1, 0.15) is 0 Å². The minimum Gasteiger partial charge on any atom is -0.389 e. The predicted octanol–water partition coefficient (Wildman–Crippen LogP) is -0.505. The molecule has 4 heteroatoms. The molecule has 0 aliphatic heterocycles. The van der Waals surface area contributed by atoms with E-state index in [1.54, 1.807) is 0 Å². The first-order chi connectivity index (χ1) is 2.41. The second-order valence-corrected chi connectivity index (χ2v) is 0.782. The van der Waals surface area contributed by atoms with Gasteiger partial charge in [-0.05, 0) is 0 Å². The zero-order valence-corrected chi connectivity index (χ0v) is 3.40. The molecule has 4 N–H and O–H groups in total. The summed E-state index contributed by atoms with van der Waals surface area (Å²) in [5.74, 6) is 0. The van der Waals surface area contributed by atoms with E-state index in [1.807, 2.05) is 0 Å². The zero-order valence-electron chi connectivity index (χ0n) is 2.59. The summed E-state index contributed by atoms with van der Waals surface area (Å²) in [5, 5.41) is 4.78. The van der Waals surface area contributed by atoms with E-state index in [-0.39, 0.29) is 0 Å². The Bertz CT molecular complexity index is 33.9. The maximum Gasteiger partial charge on any atom is 0.0952 e. The molecule has 0 aliphatic rings. The monoisotopic (exact) mass is 91.0 g/mol. The predicted molar refractivity (Wildman–Crippen MR) is 24.5 cm³/mol. The molecule has 0 bridgehead atoms. The van der Waals surface area contributed by atoms with Gasteiger partial charge in [-0.2, -0.15) is 4.40 Å². The van der Waals surface area contributed by atoms with Crippen molar-refractivity contribution in [2.24, 2.45) is 15.3 Å². The van der Waals surface area contributed by atoms with Crippen LogP contribution in [-0.2, 0) is 0 Å². The van der Waals surface area contributed by atoms with Gasteiger partial charge in [0.25, 0.3) is 0 Å². The van der Waals surface area contributed by atoms with Gasteiger partial charge in [-0.25, -0.2) is 0 Å². The van der Waals surface area contributed by atoms with Crippen LogP contribution in [0.25, 0.3) is 0 Å². The summed E-state index contributed by atoms with van der Waals surface area (Å²) in [7, 11) is 0. The largest absolute Gasteiger partial charge is 0.389 e. The van der Waals surface area contributed by atoms with Gasteiger partial charge >= 0.3 is 0 Å². The lowest BCUT2D eigenvalue weighted by Gasteiger charge is -1.67. The van der Waals surface area contributed by atoms with Gasteiger partial charge in [-0.15, -0.1) is 0 Å². The molecular weight excluding hydrogens is 86.1 g/mol. The number of hydrogen-bond donors (Lipinski definition) is 2. The molecule has 3 nitrogen and oxygen atoms in total. The highest BCUT2D eigenvalue weighted by atomic mass is 32.2. The van der Waals surface area contributed by atoms with Crippen LogP contribution in [0.5, 0.6) is 0 Å². The first-order valence-corrected chi connectivity index (χ1v) is 1.85. The quantitative estimate of drug-likeness (QED) is 0.259. The Morgan fingerprint density at radius 3 is 2.40 bits per heavy atom. The SMILES string of the molecule is NC=NSN. The molecule has 0 saturated carbocycles. The summed E-state index contributed by atoms with van der Waals surface area (Å²) in [4.78, 5) is 0. The van der Waals surface area contributed by atoms with Crippen molar-refractivity contribution in [3.63, 3.8) is 0 Å². The van der Waals surface area contributed by atoms with Crippen molar-refractivity contribution in [2.75, 3.05) is 0 Å². The topological polar surface area (TPSA) is 64.4 Å². The van der Waals surface area contributed by atoms with Gasteiger partial charge in [0.05, 0.1) is 18.5 Å². The fraction of sp³-hybridized carbons (Fsp3) is 0. The number of nitrogens with zero attached hydrogens (tertiary/aromatic N) is 1. The van der Waals surface area contributed by atoms with Crippen molar-refractivity contribution in [2.45, 2.75) is 0 Å². The fourth-order valence-corrected chi connectivity index (χ4v) is 0.105. The Balaban J connectivity index is 2.62. The van der Waals surface area contributed by atoms with E-state index in [1.165, 1.54) is 0 Å². The third-order valence-corrected chi connectivity index (χ3v) is 0.365. The van der Waals surface area contributed by atoms with Crippen LogP contribution < -0.4 is 10.9 Å². The molecule has 0 fully saturated rings. The number of nitrogens with two attached hydrogens (primary N) is 2. The van der Waals surface area contributed by atoms with Crippen LogP contribution in [0.15, 0.2) is 4.40 Å². The average Bonchev–Trinajstić information content (AvgIpc) is 1.41. The molecule has 0 atom stereocenters. The summed E-state index contributed by atoms with van der Waals surface area (Å²) >= 11 is 0.846. The maximum absolute atomic E-state index is 4.78. The van der Waals surface area contributed by atoms with E-state index in [9.17, 15) is 0 Å². The molecule has 0 aliphatic carbocycles. The maximum atomic E-state index is 4.78. The number of hydrogen-bond acceptors (Lipinski definition) is 3. The molecule has 0 aromatic carbocycles. The highest BCUT2D eigenvalue weighted by molar-refractivity contribution is 7.95. The van der Waals surface area contributed by atoms with Crippen molar-refractivity contribution < 1.29 is 0 Å². The molecule has 0 unspecified atom stereocenters. The summed E-state index contributed by atoms with van der Waals surface area (Å²) in [6.07, 6.45) is 1.14. The third kappa shape index (κ3) is 3.78. The normalized spacial score (nSPS) is 9.80. The van der Waals surface area contributed by atoms with E-state index in [0.717, 1.165) is 18.5 Å². The summed E-state index contributed by atoms with van der Waals surface area (Å²) in [5.41, 5.74) is 4.75. The van der Waals surface area contributed by atoms with E-state index < -0.39 is 0 Å². The van der Waals surface area contributed by atoms with E-state index in [2.05, 4.69) is 4.40 Å². The van der Waals surface area contributed by atoms with Crippen molar-refractivity contribution in [1.82, 2.24) is 0 Å². The van der Waals surface area contributed by atoms with E-state index >= 15 is 0 Å². The first-order valence-electron chi connectivity index (χ1n) is 1.01. The molecule has 0 amide bonds. The van der Waals surface area contributed by atoms with Gasteiger partial charge in [-0.1, -0.05) is 0 Å². The average molecular weight is 91.1 g/mol. The second kappa shape index (κ2) is 3.78. The van der Waals surface area contributed by atoms with E-state index in [0.29, 0.717) is 0 Å². The molecule has 0 aromatic heterocycles. The molecule has 0 rings (SSSR count). The summed E-state index contributed by atoms with van der Waals surface area (Å²) in [6, 6.07) is 0. The van der Waals surface area contributed by atoms with Crippen LogP contribution in [0.2, 0.25) is 0 Å². The van der Waals surface area contributed by atoms with E-state index in [4.69, 9.17) is 10.9 Å². The van der Waals surface area contributed by atoms with Gasteiger partial charge < -0.3 is 5.73 Å². The Morgan fingerprint density at radius 2 is 2.40 bits per heavy atom. The van der Waals surface area contributed by atoms with Crippen molar-refractivity contribution in [3.8, 4) is 0 Å². The Labute approximate surface area is 34.7 Å². The lowest BCUT2D eigenvalue weighted by atomic mass is 11.4. The third-order valence-electron chi connectivity index (χ3n) is 0.122. The molecule has 30 valence electrons. The minimum atomic E-state index is 0.846. The first kappa shape index (κ1) is 4.78. The van der Waals surface area contributed by atoms with Crippen molar-refractivity contribution in [3.05, 3.63) is 0 Å². The van der Waals surface area contributed by atoms with Gasteiger partial charge in [-0.3, -0.25) is 5.14 Å². The van der Waals surface area contributed by atoms with Crippen LogP contribution in [0.1, 0.15) is 0 Å². The highest BCUT2D eigenvalue weighted by Crippen LogP contribution is 1.78. The lowest BCUT2D eigenvalue weighted by Crippen LogP contribution is -1.86. The Kier molecular flexibility index (Phi) is 3.61. The lowest BCUT2D eigenvalue weighted by molar-refractivity contribution is 1.76. The fourth-order valence-electron chi connectivity index (χ4n) is 0.0351. The molecule has 0 spiro atoms. The van der Waals surface area contributed by atoms with Crippen LogP contribution in [0, 0.1) is 0 Å². The van der Waals surface area contributed by atoms with Crippen LogP contribution in [-0.4, -0.2) is 6.34 Å².